The number of carbonyl (C=O) groups excluding carboxylic acids is 3. The van der Waals surface area contributed by atoms with Crippen LogP contribution in [0.15, 0.2) is 84.9 Å². The van der Waals surface area contributed by atoms with E-state index in [0.717, 1.165) is 68.1 Å². The van der Waals surface area contributed by atoms with E-state index < -0.39 is 63.6 Å². The van der Waals surface area contributed by atoms with Crippen LogP contribution in [0.4, 0.5) is 43.9 Å². The van der Waals surface area contributed by atoms with Gasteiger partial charge >= 0.3 is 37.2 Å². The van der Waals surface area contributed by atoms with Crippen molar-refractivity contribution < 1.29 is 98.6 Å². The summed E-state index contributed by atoms with van der Waals surface area (Å²) in [5, 5.41) is 29.9. The van der Waals surface area contributed by atoms with Crippen LogP contribution in [-0.4, -0.2) is 111 Å². The van der Waals surface area contributed by atoms with Crippen LogP contribution in [0.25, 0.3) is 0 Å². The fourth-order valence-corrected chi connectivity index (χ4v) is 10.4. The molecular formula is C53H60AlF10LiN2O7. The van der Waals surface area contributed by atoms with E-state index in [2.05, 4.69) is 0 Å². The maximum atomic E-state index is 14.7. The molecule has 0 bridgehead atoms. The fraction of sp³-hybridized carbons (Fsp3) is 0.491. The molecule has 4 aliphatic rings. The standard InChI is InChI=1S/C27H28F5NO4.C26H28F5NO3.Al.Li.4H/c1-25(36,27(30,31)32)17-5-3-16(4-6-17)23(34)33(19-8-9-19)20-11-13-26(14-12-20,24(35)37-2)21-10-7-18(28)15-22(21)29;1-24(35,26(29,30)31)17-4-2-16(3-5-17)23(34)32(19-7-8-19)20-10-12-25(15-33,13-11-20)21-9-6-18(27)14-22(21)28;;;;;;/h3-7,10,15,19-20,36H,8-9,11-14H2,1-2H3;2-6,9,14,19-20,33,35H,7-8,10-13,15H2,1H3;;;;;;/q;;;+1;;;;-1/t20?,25-,26?;20?,24-,25?;;;;;;/m00....../s1. The van der Waals surface area contributed by atoms with Crippen LogP contribution in [-0.2, 0) is 31.6 Å². The van der Waals surface area contributed by atoms with Crippen molar-refractivity contribution in [1.29, 1.82) is 0 Å². The minimum absolute atomic E-state index is 0. The molecule has 0 heterocycles. The molecule has 0 saturated heterocycles. The maximum Gasteiger partial charge on any atom is 1.00 e. The Morgan fingerprint density at radius 3 is 1.23 bits per heavy atom. The molecule has 4 aromatic carbocycles. The van der Waals surface area contributed by atoms with Crippen LogP contribution in [0.5, 0.6) is 0 Å². The smallest absolute Gasteiger partial charge is 1.00 e. The van der Waals surface area contributed by atoms with Crippen LogP contribution < -0.4 is 18.9 Å². The summed E-state index contributed by atoms with van der Waals surface area (Å²) in [7, 11) is 1.21. The number of nitrogens with zero attached hydrogens (tertiary/aromatic N) is 2. The van der Waals surface area contributed by atoms with Gasteiger partial charge in [-0.25, -0.2) is 17.6 Å². The summed E-state index contributed by atoms with van der Waals surface area (Å²) in [5.41, 5.74) is -8.28. The predicted octanol–water partition coefficient (Wildman–Crippen LogP) is 6.54. The van der Waals surface area contributed by atoms with E-state index in [4.69, 9.17) is 4.74 Å². The number of methoxy groups -OCH3 is 1. The van der Waals surface area contributed by atoms with Gasteiger partial charge in [-0.05, 0) is 144 Å². The summed E-state index contributed by atoms with van der Waals surface area (Å²) in [6.07, 6.45) is -3.67. The van der Waals surface area contributed by atoms with E-state index in [1.165, 1.54) is 49.6 Å². The van der Waals surface area contributed by atoms with E-state index in [1.807, 2.05) is 0 Å². The number of ether oxygens (including phenoxy) is 1. The minimum Gasteiger partial charge on any atom is -1.00 e. The Kier molecular flexibility index (Phi) is 18.8. The average molecular weight is 1060 g/mol. The van der Waals surface area contributed by atoms with Gasteiger partial charge in [-0.3, -0.25) is 14.4 Å². The number of amides is 2. The van der Waals surface area contributed by atoms with Gasteiger partial charge < -0.3 is 31.3 Å². The van der Waals surface area contributed by atoms with Gasteiger partial charge in [0.2, 0.25) is 0 Å². The van der Waals surface area contributed by atoms with Crippen molar-refractivity contribution in [1.82, 2.24) is 9.80 Å². The number of aliphatic hydroxyl groups is 3. The Balaban J connectivity index is 0.000000312. The van der Waals surface area contributed by atoms with Crippen LogP contribution in [0, 0.1) is 23.3 Å². The quantitative estimate of drug-likeness (QED) is 0.0837. The number of hydrogen-bond donors (Lipinski definition) is 3. The van der Waals surface area contributed by atoms with Gasteiger partial charge in [0.1, 0.15) is 23.3 Å². The van der Waals surface area contributed by atoms with Crippen molar-refractivity contribution in [2.24, 2.45) is 0 Å². The first-order valence-electron chi connectivity index (χ1n) is 23.8. The minimum atomic E-state index is -4.88. The van der Waals surface area contributed by atoms with Gasteiger partial charge in [-0.15, -0.1) is 0 Å². The number of aliphatic hydroxyl groups excluding tert-OH is 1. The monoisotopic (exact) mass is 1060 g/mol. The first kappa shape index (κ1) is 60.5. The molecular weight excluding hydrogens is 1000 g/mol. The molecule has 0 aliphatic heterocycles. The van der Waals surface area contributed by atoms with E-state index in [0.29, 0.717) is 52.4 Å². The third-order valence-corrected chi connectivity index (χ3v) is 15.2. The predicted molar refractivity (Wildman–Crippen MR) is 253 cm³/mol. The maximum absolute atomic E-state index is 14.7. The molecule has 4 aromatic rings. The van der Waals surface area contributed by atoms with Crippen LogP contribution >= 0.6 is 0 Å². The van der Waals surface area contributed by atoms with Gasteiger partial charge in [0, 0.05) is 58.4 Å². The Morgan fingerprint density at radius 1 is 0.581 bits per heavy atom. The summed E-state index contributed by atoms with van der Waals surface area (Å²) in [6.45, 7) is 1.01. The molecule has 0 spiro atoms. The van der Waals surface area contributed by atoms with Crippen molar-refractivity contribution in [3.05, 3.63) is 142 Å². The molecule has 0 aromatic heterocycles. The van der Waals surface area contributed by atoms with Gasteiger partial charge in [0.05, 0.1) is 19.1 Å². The zero-order valence-electron chi connectivity index (χ0n) is 41.7. The zero-order valence-corrected chi connectivity index (χ0v) is 40.7. The Hall–Kier alpha value is -4.40. The number of alkyl halides is 6. The molecule has 9 nitrogen and oxygen atoms in total. The summed E-state index contributed by atoms with van der Waals surface area (Å²) in [6, 6.07) is 15.5. The van der Waals surface area contributed by atoms with E-state index in [9.17, 15) is 73.6 Å². The number of benzene rings is 4. The fourth-order valence-electron chi connectivity index (χ4n) is 10.4. The number of esters is 1. The second kappa shape index (κ2) is 23.1. The Morgan fingerprint density at radius 2 is 0.919 bits per heavy atom. The normalized spacial score (nSPS) is 23.5. The molecule has 8 rings (SSSR count). The first-order chi connectivity index (χ1) is 33.7. The molecule has 4 saturated carbocycles. The summed E-state index contributed by atoms with van der Waals surface area (Å²) in [5.74, 6) is -4.29. The van der Waals surface area contributed by atoms with Crippen LogP contribution in [0.2, 0.25) is 0 Å². The SMILES string of the molecule is COC(=O)C1(c2ccc(F)cc2F)CCC(N(C(=O)c2ccc([C@](C)(O)C(F)(F)F)cc2)C2CC2)CC1.C[C@](O)(c1ccc(C(=O)N(C2CC2)C2CCC(CO)(c3ccc(F)cc3F)CC2)cc1)C(F)(F)F.[AlH3].[H-].[Li+]. The molecule has 2 amide bonds. The number of carbonyl (C=O) groups is 3. The molecule has 3 N–H and O–H groups in total. The molecule has 4 fully saturated rings. The van der Waals surface area contributed by atoms with Crippen molar-refractivity contribution in [2.45, 2.75) is 149 Å². The summed E-state index contributed by atoms with van der Waals surface area (Å²) < 4.78 is 140. The number of halogens is 10. The van der Waals surface area contributed by atoms with Crippen LogP contribution in [0.1, 0.15) is 135 Å². The summed E-state index contributed by atoms with van der Waals surface area (Å²) in [4.78, 5) is 43.1. The third kappa shape index (κ3) is 12.2. The van der Waals surface area contributed by atoms with E-state index in [1.54, 1.807) is 9.80 Å². The number of rotatable bonds is 12. The molecule has 0 radical (unpaired) electrons. The van der Waals surface area contributed by atoms with Crippen LogP contribution in [0.3, 0.4) is 0 Å². The second-order valence-electron chi connectivity index (χ2n) is 19.9. The molecule has 0 unspecified atom stereocenters. The van der Waals surface area contributed by atoms with E-state index in [-0.39, 0.29) is 126 Å². The Bertz CT molecular complexity index is 2620. The first-order valence-corrected chi connectivity index (χ1v) is 23.8. The molecule has 21 heteroatoms. The van der Waals surface area contributed by atoms with E-state index >= 15 is 0 Å². The van der Waals surface area contributed by atoms with Gasteiger partial charge in [0.15, 0.2) is 28.6 Å². The average Bonchev–Trinajstić information content (AvgIpc) is 4.29. The zero-order chi connectivity index (χ0) is 52.8. The molecule has 398 valence electrons. The second-order valence-corrected chi connectivity index (χ2v) is 19.9. The van der Waals surface area contributed by atoms with Crippen molar-refractivity contribution in [3.8, 4) is 0 Å². The van der Waals surface area contributed by atoms with Gasteiger partial charge in [0.25, 0.3) is 11.8 Å². The largest absolute Gasteiger partial charge is 1.00 e. The number of hydrogen-bond acceptors (Lipinski definition) is 7. The van der Waals surface area contributed by atoms with Crippen molar-refractivity contribution in [3.63, 3.8) is 0 Å². The molecule has 74 heavy (non-hydrogen) atoms. The summed E-state index contributed by atoms with van der Waals surface area (Å²) >= 11 is 0. The van der Waals surface area contributed by atoms with Gasteiger partial charge in [-0.2, -0.15) is 26.3 Å². The van der Waals surface area contributed by atoms with Gasteiger partial charge in [-0.1, -0.05) is 36.4 Å². The molecule has 2 atom stereocenters. The third-order valence-electron chi connectivity index (χ3n) is 15.2. The topological polar surface area (TPSA) is 128 Å². The Labute approximate surface area is 446 Å². The van der Waals surface area contributed by atoms with Crippen molar-refractivity contribution in [2.75, 3.05) is 13.7 Å². The molecule has 4 aliphatic carbocycles. The van der Waals surface area contributed by atoms with Crippen molar-refractivity contribution >= 4 is 35.1 Å².